The molecule has 2 atom stereocenters. The minimum absolute atomic E-state index is 0.178. The molecule has 1 saturated heterocycles. The largest absolute Gasteiger partial charge is 0.315 e. The smallest absolute Gasteiger partial charge is 0.247 e. The highest BCUT2D eigenvalue weighted by Crippen LogP contribution is 2.25. The maximum absolute atomic E-state index is 12.2. The summed E-state index contributed by atoms with van der Waals surface area (Å²) in [6.45, 7) is 2.46. The second-order valence-corrected chi connectivity index (χ2v) is 6.05. The second kappa shape index (κ2) is 4.15. The lowest BCUT2D eigenvalue weighted by Crippen LogP contribution is -2.52. The minimum atomic E-state index is -3.49. The fourth-order valence-electron chi connectivity index (χ4n) is 1.97. The van der Waals surface area contributed by atoms with E-state index in [1.54, 1.807) is 0 Å². The zero-order valence-electron chi connectivity index (χ0n) is 9.13. The number of aromatic amines is 1. The Bertz CT molecular complexity index is 442. The highest BCUT2D eigenvalue weighted by atomic mass is 32.2. The molecule has 16 heavy (non-hydrogen) atoms. The van der Waals surface area contributed by atoms with Crippen LogP contribution in [0.5, 0.6) is 0 Å². The summed E-state index contributed by atoms with van der Waals surface area (Å²) < 4.78 is 25.7. The molecule has 0 aromatic carbocycles. The summed E-state index contributed by atoms with van der Waals surface area (Å²) in [4.78, 5) is 0.178. The zero-order chi connectivity index (χ0) is 11.8. The van der Waals surface area contributed by atoms with Crippen molar-refractivity contribution in [2.45, 2.75) is 30.8 Å². The average molecular weight is 244 g/mol. The van der Waals surface area contributed by atoms with Crippen molar-refractivity contribution >= 4 is 10.0 Å². The predicted molar refractivity (Wildman–Crippen MR) is 58.9 cm³/mol. The van der Waals surface area contributed by atoms with Gasteiger partial charge in [0.1, 0.15) is 4.90 Å². The summed E-state index contributed by atoms with van der Waals surface area (Å²) >= 11 is 0. The van der Waals surface area contributed by atoms with Crippen LogP contribution in [0.4, 0.5) is 0 Å². The van der Waals surface area contributed by atoms with Crippen LogP contribution in [-0.4, -0.2) is 35.6 Å². The van der Waals surface area contributed by atoms with Crippen LogP contribution in [0.1, 0.15) is 19.8 Å². The molecular formula is C9H16N4O2S. The van der Waals surface area contributed by atoms with E-state index in [2.05, 4.69) is 10.2 Å². The lowest BCUT2D eigenvalue weighted by atomic mass is 9.99. The molecule has 3 N–H and O–H groups in total. The minimum Gasteiger partial charge on any atom is -0.315 e. The molecule has 1 aromatic heterocycles. The van der Waals surface area contributed by atoms with Gasteiger partial charge in [0.05, 0.1) is 12.4 Å². The quantitative estimate of drug-likeness (QED) is 0.772. The number of H-pyrrole nitrogens is 1. The number of nitrogens with one attached hydrogen (secondary N) is 1. The van der Waals surface area contributed by atoms with Crippen molar-refractivity contribution in [1.82, 2.24) is 14.5 Å². The first kappa shape index (κ1) is 11.6. The number of nitrogens with zero attached hydrogens (tertiary/aromatic N) is 2. The maximum atomic E-state index is 12.2. The van der Waals surface area contributed by atoms with Crippen LogP contribution >= 0.6 is 0 Å². The monoisotopic (exact) mass is 244 g/mol. The van der Waals surface area contributed by atoms with Crippen LogP contribution in [-0.2, 0) is 10.0 Å². The molecule has 0 radical (unpaired) electrons. The Morgan fingerprint density at radius 3 is 3.00 bits per heavy atom. The van der Waals surface area contributed by atoms with Gasteiger partial charge in [0.25, 0.3) is 0 Å². The van der Waals surface area contributed by atoms with Crippen molar-refractivity contribution in [3.8, 4) is 0 Å². The van der Waals surface area contributed by atoms with Gasteiger partial charge in [-0.15, -0.1) is 0 Å². The van der Waals surface area contributed by atoms with Gasteiger partial charge in [0, 0.05) is 12.7 Å². The highest BCUT2D eigenvalue weighted by Gasteiger charge is 2.35. The number of rotatable bonds is 2. The van der Waals surface area contributed by atoms with E-state index < -0.39 is 16.2 Å². The van der Waals surface area contributed by atoms with Crippen LogP contribution in [0.25, 0.3) is 0 Å². The number of sulfonamides is 1. The number of piperidine rings is 1. The van der Waals surface area contributed by atoms with Gasteiger partial charge in [-0.3, -0.25) is 5.10 Å². The van der Waals surface area contributed by atoms with Crippen molar-refractivity contribution in [2.24, 2.45) is 11.7 Å². The van der Waals surface area contributed by atoms with Crippen molar-refractivity contribution < 1.29 is 8.42 Å². The third-order valence-corrected chi connectivity index (χ3v) is 4.90. The van der Waals surface area contributed by atoms with E-state index in [-0.39, 0.29) is 10.8 Å². The van der Waals surface area contributed by atoms with Crippen LogP contribution in [0.2, 0.25) is 0 Å². The fraction of sp³-hybridized carbons (Fsp3) is 0.667. The Morgan fingerprint density at radius 2 is 2.38 bits per heavy atom. The van der Waals surface area contributed by atoms with Gasteiger partial charge in [-0.1, -0.05) is 6.92 Å². The van der Waals surface area contributed by atoms with E-state index in [1.165, 1.54) is 16.7 Å². The molecular weight excluding hydrogens is 228 g/mol. The topological polar surface area (TPSA) is 92.1 Å². The maximum Gasteiger partial charge on any atom is 0.247 e. The third kappa shape index (κ3) is 1.85. The Hall–Kier alpha value is -0.920. The number of hydrogen-bond acceptors (Lipinski definition) is 4. The molecule has 0 aliphatic carbocycles. The standard InChI is InChI=1S/C9H16N4O2S/c1-7-3-2-4-13(9(7)10)16(14,15)8-5-11-12-6-8/h5-7,9H,2-4,10H2,1H3,(H,11,12). The van der Waals surface area contributed by atoms with E-state index in [9.17, 15) is 8.42 Å². The molecule has 2 heterocycles. The molecule has 2 rings (SSSR count). The summed E-state index contributed by atoms with van der Waals surface area (Å²) in [5.41, 5.74) is 5.93. The Labute approximate surface area is 94.9 Å². The summed E-state index contributed by atoms with van der Waals surface area (Å²) in [6.07, 6.45) is 4.07. The zero-order valence-corrected chi connectivity index (χ0v) is 9.94. The lowest BCUT2D eigenvalue weighted by molar-refractivity contribution is 0.192. The molecule has 2 unspecified atom stereocenters. The van der Waals surface area contributed by atoms with Gasteiger partial charge < -0.3 is 5.73 Å². The first-order chi connectivity index (χ1) is 7.53. The third-order valence-electron chi connectivity index (χ3n) is 3.03. The van der Waals surface area contributed by atoms with E-state index in [4.69, 9.17) is 5.73 Å². The normalized spacial score (nSPS) is 28.1. The van der Waals surface area contributed by atoms with E-state index in [1.807, 2.05) is 6.92 Å². The number of hydrogen-bond donors (Lipinski definition) is 2. The molecule has 0 saturated carbocycles. The highest BCUT2D eigenvalue weighted by molar-refractivity contribution is 7.89. The predicted octanol–water partition coefficient (Wildman–Crippen LogP) is 0.115. The van der Waals surface area contributed by atoms with E-state index >= 15 is 0 Å². The molecule has 0 amide bonds. The molecule has 6 nitrogen and oxygen atoms in total. The van der Waals surface area contributed by atoms with Crippen molar-refractivity contribution in [1.29, 1.82) is 0 Å². The van der Waals surface area contributed by atoms with Crippen LogP contribution in [0.3, 0.4) is 0 Å². The van der Waals surface area contributed by atoms with Crippen molar-refractivity contribution in [3.05, 3.63) is 12.4 Å². The van der Waals surface area contributed by atoms with E-state index in [0.717, 1.165) is 12.8 Å². The van der Waals surface area contributed by atoms with Gasteiger partial charge in [-0.05, 0) is 18.8 Å². The molecule has 7 heteroatoms. The number of aromatic nitrogens is 2. The summed E-state index contributed by atoms with van der Waals surface area (Å²) in [6, 6.07) is 0. The van der Waals surface area contributed by atoms with Gasteiger partial charge in [0.15, 0.2) is 0 Å². The summed E-state index contributed by atoms with van der Waals surface area (Å²) in [7, 11) is -3.49. The molecule has 1 aliphatic heterocycles. The summed E-state index contributed by atoms with van der Waals surface area (Å²) in [5.74, 6) is 0.190. The van der Waals surface area contributed by atoms with Crippen molar-refractivity contribution in [2.75, 3.05) is 6.54 Å². The fourth-order valence-corrected chi connectivity index (χ4v) is 3.52. The second-order valence-electron chi connectivity index (χ2n) is 4.16. The molecule has 0 bridgehead atoms. The first-order valence-electron chi connectivity index (χ1n) is 5.29. The Kier molecular flexibility index (Phi) is 3.00. The lowest BCUT2D eigenvalue weighted by Gasteiger charge is -2.36. The van der Waals surface area contributed by atoms with Gasteiger partial charge in [0.2, 0.25) is 10.0 Å². The van der Waals surface area contributed by atoms with Crippen LogP contribution in [0, 0.1) is 5.92 Å². The molecule has 90 valence electrons. The van der Waals surface area contributed by atoms with E-state index in [0.29, 0.717) is 6.54 Å². The van der Waals surface area contributed by atoms with Crippen molar-refractivity contribution in [3.63, 3.8) is 0 Å². The molecule has 1 fully saturated rings. The van der Waals surface area contributed by atoms with Crippen LogP contribution < -0.4 is 5.73 Å². The average Bonchev–Trinajstić information content (AvgIpc) is 2.75. The van der Waals surface area contributed by atoms with Gasteiger partial charge in [-0.25, -0.2) is 8.42 Å². The Balaban J connectivity index is 2.30. The molecule has 1 aromatic rings. The molecule has 0 spiro atoms. The summed E-state index contributed by atoms with van der Waals surface area (Å²) in [5, 5.41) is 6.16. The first-order valence-corrected chi connectivity index (χ1v) is 6.73. The van der Waals surface area contributed by atoms with Crippen LogP contribution in [0.15, 0.2) is 17.3 Å². The SMILES string of the molecule is CC1CCCN(S(=O)(=O)c2cn[nH]c2)C1N. The number of nitrogens with two attached hydrogens (primary N) is 1. The van der Waals surface area contributed by atoms with Gasteiger partial charge in [-0.2, -0.15) is 9.40 Å². The molecule has 1 aliphatic rings. The Morgan fingerprint density at radius 1 is 1.62 bits per heavy atom. The van der Waals surface area contributed by atoms with Gasteiger partial charge >= 0.3 is 0 Å².